The second-order valence-electron chi connectivity index (χ2n) is 8.27. The fraction of sp³-hybridized carbons (Fsp3) is 0.231. The molecule has 5 rings (SSSR count). The molecule has 0 amide bonds. The summed E-state index contributed by atoms with van der Waals surface area (Å²) in [5.41, 5.74) is 3.43. The second-order valence-corrected chi connectivity index (χ2v) is 9.78. The Morgan fingerprint density at radius 3 is 2.38 bits per heavy atom. The number of thiocarbonyl (C=S) groups is 1. The van der Waals surface area contributed by atoms with Crippen LogP contribution in [0.5, 0.6) is 0 Å². The van der Waals surface area contributed by atoms with Crippen LogP contribution in [0.3, 0.4) is 0 Å². The van der Waals surface area contributed by atoms with E-state index in [0.29, 0.717) is 38.5 Å². The Balaban J connectivity index is 1.46. The number of ketones is 2. The van der Waals surface area contributed by atoms with Crippen LogP contribution in [-0.4, -0.2) is 29.8 Å². The molecule has 3 aromatic rings. The minimum Gasteiger partial charge on any atom is -0.465 e. The smallest absolute Gasteiger partial charge is 0.341 e. The Kier molecular flexibility index (Phi) is 6.02. The summed E-state index contributed by atoms with van der Waals surface area (Å²) in [5.74, 6) is -0.809. The molecule has 2 aliphatic carbocycles. The van der Waals surface area contributed by atoms with E-state index >= 15 is 0 Å². The van der Waals surface area contributed by atoms with Crippen LogP contribution >= 0.6 is 23.6 Å². The highest BCUT2D eigenvalue weighted by Gasteiger charge is 2.32. The summed E-state index contributed by atoms with van der Waals surface area (Å²) in [4.78, 5) is 40.0. The maximum absolute atomic E-state index is 13.2. The van der Waals surface area contributed by atoms with Crippen LogP contribution in [0.4, 0.5) is 10.7 Å². The van der Waals surface area contributed by atoms with Crippen LogP contribution in [0.25, 0.3) is 0 Å². The Bertz CT molecular complexity index is 1360. The highest BCUT2D eigenvalue weighted by molar-refractivity contribution is 7.80. The predicted octanol–water partition coefficient (Wildman–Crippen LogP) is 5.39. The number of hydrogen-bond donors (Lipinski definition) is 2. The highest BCUT2D eigenvalue weighted by Crippen LogP contribution is 2.38. The van der Waals surface area contributed by atoms with Crippen LogP contribution < -0.4 is 10.6 Å². The predicted molar refractivity (Wildman–Crippen MR) is 137 cm³/mol. The zero-order valence-corrected chi connectivity index (χ0v) is 20.2. The van der Waals surface area contributed by atoms with Gasteiger partial charge in [-0.1, -0.05) is 42.8 Å². The number of methoxy groups -OCH3 is 1. The van der Waals surface area contributed by atoms with E-state index in [1.54, 1.807) is 42.5 Å². The van der Waals surface area contributed by atoms with Gasteiger partial charge in [-0.3, -0.25) is 9.59 Å². The van der Waals surface area contributed by atoms with Crippen molar-refractivity contribution in [1.82, 2.24) is 0 Å². The van der Waals surface area contributed by atoms with E-state index in [1.807, 2.05) is 0 Å². The van der Waals surface area contributed by atoms with Gasteiger partial charge in [0.1, 0.15) is 5.00 Å². The van der Waals surface area contributed by atoms with E-state index in [4.69, 9.17) is 17.0 Å². The van der Waals surface area contributed by atoms with E-state index in [2.05, 4.69) is 10.6 Å². The minimum atomic E-state index is -0.390. The average molecular weight is 491 g/mol. The standard InChI is InChI=1S/C26H22N2O4S2/c1-32-25(31)21-16-10-3-2-4-13-19(16)34-24(21)28-26(33)27-18-12-7-11-17-20(18)23(30)15-9-6-5-8-14(15)22(17)29/h5-9,11-12H,2-4,10,13H2,1H3,(H2,27,28,33). The van der Waals surface area contributed by atoms with Gasteiger partial charge in [-0.15, -0.1) is 11.3 Å². The second kappa shape index (κ2) is 9.12. The van der Waals surface area contributed by atoms with Crippen LogP contribution in [-0.2, 0) is 17.6 Å². The van der Waals surface area contributed by atoms with E-state index in [-0.39, 0.29) is 22.6 Å². The van der Waals surface area contributed by atoms with Crippen LogP contribution in [0.2, 0.25) is 0 Å². The van der Waals surface area contributed by atoms with Crippen molar-refractivity contribution in [3.8, 4) is 0 Å². The molecule has 1 aromatic heterocycles. The molecule has 1 heterocycles. The number of esters is 1. The first-order valence-electron chi connectivity index (χ1n) is 11.1. The molecule has 2 N–H and O–H groups in total. The first kappa shape index (κ1) is 22.4. The van der Waals surface area contributed by atoms with Crippen LogP contribution in [0, 0.1) is 0 Å². The van der Waals surface area contributed by atoms with Crippen molar-refractivity contribution in [2.24, 2.45) is 0 Å². The SMILES string of the molecule is COC(=O)c1c(NC(=S)Nc2cccc3c2C(=O)c2ccccc2C3=O)sc2c1CCCCC2. The molecule has 0 atom stereocenters. The van der Waals surface area contributed by atoms with Gasteiger partial charge in [-0.25, -0.2) is 4.79 Å². The van der Waals surface area contributed by atoms with Crippen molar-refractivity contribution < 1.29 is 19.1 Å². The largest absolute Gasteiger partial charge is 0.465 e. The summed E-state index contributed by atoms with van der Waals surface area (Å²) in [6.45, 7) is 0. The number of hydrogen-bond acceptors (Lipinski definition) is 6. The Morgan fingerprint density at radius 2 is 1.62 bits per heavy atom. The lowest BCUT2D eigenvalue weighted by Gasteiger charge is -2.21. The number of rotatable bonds is 3. The number of carbonyl (C=O) groups excluding carboxylic acids is 3. The normalized spacial score (nSPS) is 14.4. The molecule has 0 unspecified atom stereocenters. The average Bonchev–Trinajstić information content (AvgIpc) is 3.01. The van der Waals surface area contributed by atoms with Gasteiger partial charge in [0.15, 0.2) is 16.7 Å². The summed E-state index contributed by atoms with van der Waals surface area (Å²) in [5, 5.41) is 7.09. The first-order chi connectivity index (χ1) is 16.5. The van der Waals surface area contributed by atoms with Gasteiger partial charge in [0, 0.05) is 21.6 Å². The van der Waals surface area contributed by atoms with Crippen molar-refractivity contribution in [2.75, 3.05) is 17.7 Å². The zero-order chi connectivity index (χ0) is 23.8. The third-order valence-electron chi connectivity index (χ3n) is 6.24. The number of carbonyl (C=O) groups is 3. The van der Waals surface area contributed by atoms with E-state index < -0.39 is 0 Å². The first-order valence-corrected chi connectivity index (χ1v) is 12.3. The van der Waals surface area contributed by atoms with Crippen molar-refractivity contribution in [1.29, 1.82) is 0 Å². The van der Waals surface area contributed by atoms with Gasteiger partial charge in [0.2, 0.25) is 0 Å². The molecular weight excluding hydrogens is 468 g/mol. The number of anilines is 2. The molecule has 2 aromatic carbocycles. The molecule has 34 heavy (non-hydrogen) atoms. The van der Waals surface area contributed by atoms with Crippen LogP contribution in [0.1, 0.15) is 71.9 Å². The van der Waals surface area contributed by atoms with Gasteiger partial charge in [-0.2, -0.15) is 0 Å². The van der Waals surface area contributed by atoms with Gasteiger partial charge in [0.05, 0.1) is 23.9 Å². The summed E-state index contributed by atoms with van der Waals surface area (Å²) >= 11 is 7.07. The van der Waals surface area contributed by atoms with Gasteiger partial charge in [0.25, 0.3) is 0 Å². The maximum atomic E-state index is 13.2. The summed E-state index contributed by atoms with van der Waals surface area (Å²) in [6.07, 6.45) is 5.02. The quantitative estimate of drug-likeness (QED) is 0.226. The minimum absolute atomic E-state index is 0.192. The maximum Gasteiger partial charge on any atom is 0.341 e. The topological polar surface area (TPSA) is 84.5 Å². The zero-order valence-electron chi connectivity index (χ0n) is 18.5. The van der Waals surface area contributed by atoms with Gasteiger partial charge < -0.3 is 15.4 Å². The molecule has 2 aliphatic rings. The number of fused-ring (bicyclic) bond motifs is 3. The number of benzene rings is 2. The molecular formula is C26H22N2O4S2. The Hall–Kier alpha value is -3.36. The van der Waals surface area contributed by atoms with Gasteiger partial charge in [-0.05, 0) is 49.5 Å². The third-order valence-corrected chi connectivity index (χ3v) is 7.65. The number of thiophene rings is 1. The lowest BCUT2D eigenvalue weighted by Crippen LogP contribution is -2.25. The lowest BCUT2D eigenvalue weighted by molar-refractivity contribution is 0.0601. The van der Waals surface area contributed by atoms with Crippen molar-refractivity contribution in [3.05, 3.63) is 80.7 Å². The molecule has 8 heteroatoms. The van der Waals surface area contributed by atoms with Crippen molar-refractivity contribution >= 4 is 56.9 Å². The third kappa shape index (κ3) is 3.82. The fourth-order valence-electron chi connectivity index (χ4n) is 4.65. The summed E-state index contributed by atoms with van der Waals surface area (Å²) in [7, 11) is 1.38. The van der Waals surface area contributed by atoms with E-state index in [9.17, 15) is 14.4 Å². The highest BCUT2D eigenvalue weighted by atomic mass is 32.1. The molecule has 6 nitrogen and oxygen atoms in total. The Morgan fingerprint density at radius 1 is 0.912 bits per heavy atom. The van der Waals surface area contributed by atoms with E-state index in [1.165, 1.54) is 23.3 Å². The fourth-order valence-corrected chi connectivity index (χ4v) is 6.21. The summed E-state index contributed by atoms with van der Waals surface area (Å²) in [6, 6.07) is 11.9. The molecule has 0 radical (unpaired) electrons. The number of nitrogens with one attached hydrogen (secondary N) is 2. The number of ether oxygens (including phenoxy) is 1. The van der Waals surface area contributed by atoms with Crippen molar-refractivity contribution in [2.45, 2.75) is 32.1 Å². The van der Waals surface area contributed by atoms with E-state index in [0.717, 1.165) is 37.7 Å². The monoisotopic (exact) mass is 490 g/mol. The molecule has 0 saturated carbocycles. The summed E-state index contributed by atoms with van der Waals surface area (Å²) < 4.78 is 5.06. The Labute approximate surface area is 206 Å². The van der Waals surface area contributed by atoms with Crippen LogP contribution in [0.15, 0.2) is 42.5 Å². The number of aryl methyl sites for hydroxylation is 1. The molecule has 0 aliphatic heterocycles. The molecule has 0 saturated heterocycles. The van der Waals surface area contributed by atoms with Crippen molar-refractivity contribution in [3.63, 3.8) is 0 Å². The molecule has 0 spiro atoms. The molecule has 0 bridgehead atoms. The molecule has 0 fully saturated rings. The molecule has 172 valence electrons. The lowest BCUT2D eigenvalue weighted by atomic mass is 9.83. The van der Waals surface area contributed by atoms with Gasteiger partial charge >= 0.3 is 5.97 Å².